The van der Waals surface area contributed by atoms with Crippen LogP contribution in [-0.2, 0) is 30.0 Å². The molecule has 0 spiro atoms. The summed E-state index contributed by atoms with van der Waals surface area (Å²) in [6.07, 6.45) is 2.02. The Bertz CT molecular complexity index is 772. The molecule has 0 saturated carbocycles. The van der Waals surface area contributed by atoms with Crippen molar-refractivity contribution in [2.75, 3.05) is 0 Å². The Labute approximate surface area is 199 Å². The van der Waals surface area contributed by atoms with Gasteiger partial charge in [0.05, 0.1) is 11.8 Å². The van der Waals surface area contributed by atoms with E-state index in [0.29, 0.717) is 11.8 Å². The van der Waals surface area contributed by atoms with Crippen LogP contribution in [0.2, 0.25) is 0 Å². The predicted molar refractivity (Wildman–Crippen MR) is 128 cm³/mol. The zero-order valence-electron chi connectivity index (χ0n) is 20.1. The molecular formula is C26H36AlO5. The maximum Gasteiger partial charge on any atom is 0.885 e. The van der Waals surface area contributed by atoms with E-state index in [-0.39, 0.29) is 17.4 Å². The quantitative estimate of drug-likeness (QED) is 0.482. The van der Waals surface area contributed by atoms with Crippen LogP contribution in [0.5, 0.6) is 0 Å². The van der Waals surface area contributed by atoms with Crippen LogP contribution in [0.1, 0.15) is 75.6 Å². The summed E-state index contributed by atoms with van der Waals surface area (Å²) in [6, 6.07) is 16.1. The van der Waals surface area contributed by atoms with Crippen molar-refractivity contribution in [2.45, 2.75) is 66.2 Å². The number of benzene rings is 2. The first-order valence-electron chi connectivity index (χ1n) is 11.1. The average Bonchev–Trinajstić information content (AvgIpc) is 2.72. The van der Waals surface area contributed by atoms with Gasteiger partial charge >= 0.3 is 15.9 Å². The number of hydrogen-bond donors (Lipinski definition) is 0. The van der Waals surface area contributed by atoms with Gasteiger partial charge in [-0.3, -0.25) is 9.59 Å². The van der Waals surface area contributed by atoms with Crippen molar-refractivity contribution in [3.8, 4) is 0 Å². The molecule has 0 saturated heterocycles. The summed E-state index contributed by atoms with van der Waals surface area (Å²) in [5, 5.41) is 0. The van der Waals surface area contributed by atoms with E-state index in [0.717, 1.165) is 24.0 Å². The molecule has 0 aliphatic rings. The molecule has 0 aliphatic heterocycles. The highest BCUT2D eigenvalue weighted by Crippen LogP contribution is 2.20. The van der Waals surface area contributed by atoms with Gasteiger partial charge in [-0.15, -0.1) is 0 Å². The molecule has 0 fully saturated rings. The minimum absolute atomic E-state index is 0. The van der Waals surface area contributed by atoms with Crippen LogP contribution < -0.4 is 0 Å². The van der Waals surface area contributed by atoms with Gasteiger partial charge in [0.2, 0.25) is 0 Å². The summed E-state index contributed by atoms with van der Waals surface area (Å²) >= 11 is -1.18. The van der Waals surface area contributed by atoms with Crippen molar-refractivity contribution in [1.29, 1.82) is 0 Å². The van der Waals surface area contributed by atoms with Gasteiger partial charge in [-0.1, -0.05) is 76.2 Å². The maximum atomic E-state index is 12.4. The van der Waals surface area contributed by atoms with Crippen molar-refractivity contribution in [3.63, 3.8) is 0 Å². The molecule has 2 rings (SSSR count). The first-order valence-corrected chi connectivity index (χ1v) is 12.0. The second-order valence-electron chi connectivity index (χ2n) is 9.09. The third-order valence-electron chi connectivity index (χ3n) is 5.28. The topological polar surface area (TPSA) is 84.1 Å². The molecule has 2 unspecified atom stereocenters. The number of rotatable bonds is 10. The fraction of sp³-hybridized carbons (Fsp3) is 0.462. The van der Waals surface area contributed by atoms with E-state index in [1.54, 1.807) is 0 Å². The van der Waals surface area contributed by atoms with Crippen LogP contribution in [-0.4, -0.2) is 33.3 Å². The molecule has 0 amide bonds. The minimum Gasteiger partial charge on any atom is -0.589 e. The van der Waals surface area contributed by atoms with Crippen molar-refractivity contribution in [1.82, 2.24) is 0 Å². The SMILES string of the molecule is CC(C)Cc1ccc(C(C)C(=O)[O][Al][O]C(=O)C(C)c2ccc(CC(C)C)cc2)cc1.O. The van der Waals surface area contributed by atoms with E-state index >= 15 is 0 Å². The van der Waals surface area contributed by atoms with Gasteiger partial charge in [0.1, 0.15) is 0 Å². The Kier molecular flexibility index (Phi) is 11.7. The lowest BCUT2D eigenvalue weighted by molar-refractivity contribution is -0.140. The molecule has 2 atom stereocenters. The lowest BCUT2D eigenvalue weighted by Gasteiger charge is -2.15. The summed E-state index contributed by atoms with van der Waals surface area (Å²) in [4.78, 5) is 24.7. The zero-order chi connectivity index (χ0) is 23.0. The lowest BCUT2D eigenvalue weighted by atomic mass is 9.97. The lowest BCUT2D eigenvalue weighted by Crippen LogP contribution is -2.22. The van der Waals surface area contributed by atoms with E-state index in [4.69, 9.17) is 7.58 Å². The molecule has 5 nitrogen and oxygen atoms in total. The molecule has 6 heteroatoms. The molecular weight excluding hydrogens is 419 g/mol. The highest BCUT2D eigenvalue weighted by atomic mass is 27.2. The van der Waals surface area contributed by atoms with Gasteiger partial charge in [0, 0.05) is 0 Å². The van der Waals surface area contributed by atoms with Gasteiger partial charge in [-0.2, -0.15) is 0 Å². The Hall–Kier alpha value is -2.13. The van der Waals surface area contributed by atoms with Crippen molar-refractivity contribution < 1.29 is 22.6 Å². The number of hydrogen-bond acceptors (Lipinski definition) is 4. The summed E-state index contributed by atoms with van der Waals surface area (Å²) in [5.74, 6) is -0.357. The van der Waals surface area contributed by atoms with Crippen LogP contribution in [0.3, 0.4) is 0 Å². The normalized spacial score (nSPS) is 12.6. The van der Waals surface area contributed by atoms with Gasteiger partial charge in [0.15, 0.2) is 0 Å². The van der Waals surface area contributed by atoms with E-state index < -0.39 is 27.7 Å². The molecule has 0 aromatic heterocycles. The molecule has 32 heavy (non-hydrogen) atoms. The molecule has 0 heterocycles. The first kappa shape index (κ1) is 27.9. The van der Waals surface area contributed by atoms with Crippen LogP contribution >= 0.6 is 0 Å². The van der Waals surface area contributed by atoms with Gasteiger partial charge in [-0.25, -0.2) is 0 Å². The van der Waals surface area contributed by atoms with E-state index in [9.17, 15) is 9.59 Å². The third-order valence-corrected chi connectivity index (χ3v) is 5.94. The van der Waals surface area contributed by atoms with E-state index in [1.807, 2.05) is 38.1 Å². The minimum atomic E-state index is -1.18. The van der Waals surface area contributed by atoms with E-state index in [1.165, 1.54) is 11.1 Å². The maximum absolute atomic E-state index is 12.4. The summed E-state index contributed by atoms with van der Waals surface area (Å²) in [6.45, 7) is 12.3. The van der Waals surface area contributed by atoms with Gasteiger partial charge in [0.25, 0.3) is 11.9 Å². The molecule has 2 aromatic rings. The number of carbonyl (C=O) groups excluding carboxylic acids is 2. The molecule has 1 radical (unpaired) electrons. The predicted octanol–water partition coefficient (Wildman–Crippen LogP) is 4.79. The molecule has 0 aliphatic carbocycles. The van der Waals surface area contributed by atoms with Crippen LogP contribution in [0, 0.1) is 11.8 Å². The Balaban J connectivity index is 0.00000512. The highest BCUT2D eigenvalue weighted by molar-refractivity contribution is 6.26. The number of carbonyl (C=O) groups is 2. The van der Waals surface area contributed by atoms with Crippen LogP contribution in [0.4, 0.5) is 0 Å². The fourth-order valence-electron chi connectivity index (χ4n) is 3.42. The highest BCUT2D eigenvalue weighted by Gasteiger charge is 2.23. The van der Waals surface area contributed by atoms with Crippen molar-refractivity contribution in [3.05, 3.63) is 70.8 Å². The molecule has 0 bridgehead atoms. The zero-order valence-corrected chi connectivity index (χ0v) is 21.2. The Morgan fingerprint density at radius 3 is 1.25 bits per heavy atom. The van der Waals surface area contributed by atoms with Crippen molar-refractivity contribution in [2.24, 2.45) is 11.8 Å². The van der Waals surface area contributed by atoms with Crippen LogP contribution in [0.15, 0.2) is 48.5 Å². The summed E-state index contributed by atoms with van der Waals surface area (Å²) in [5.41, 5.74) is 4.31. The molecule has 2 N–H and O–H groups in total. The summed E-state index contributed by atoms with van der Waals surface area (Å²) in [7, 11) is 0. The monoisotopic (exact) mass is 455 g/mol. The van der Waals surface area contributed by atoms with E-state index in [2.05, 4.69) is 52.0 Å². The second-order valence-corrected chi connectivity index (χ2v) is 9.76. The van der Waals surface area contributed by atoms with Crippen molar-refractivity contribution >= 4 is 27.8 Å². The standard InChI is InChI=1S/2C13H18O2.Al.H2O/c2*1-9(2)8-11-4-6-12(7-5-11)10(3)13(14)15;;/h2*4-7,9-10H,8H2,1-3H3,(H,14,15);;1H2/q;;+2;/p-2. The Morgan fingerprint density at radius 1 is 0.656 bits per heavy atom. The second kappa shape index (κ2) is 13.4. The average molecular weight is 456 g/mol. The van der Waals surface area contributed by atoms with Gasteiger partial charge in [-0.05, 0) is 60.8 Å². The van der Waals surface area contributed by atoms with Gasteiger partial charge < -0.3 is 13.1 Å². The fourth-order valence-corrected chi connectivity index (χ4v) is 4.07. The summed E-state index contributed by atoms with van der Waals surface area (Å²) < 4.78 is 10.5. The largest absolute Gasteiger partial charge is 0.885 e. The molecule has 2 aromatic carbocycles. The smallest absolute Gasteiger partial charge is 0.589 e. The first-order chi connectivity index (χ1) is 14.7. The van der Waals surface area contributed by atoms with Crippen LogP contribution in [0.25, 0.3) is 0 Å². The Morgan fingerprint density at radius 2 is 0.969 bits per heavy atom. The molecule has 173 valence electrons. The third kappa shape index (κ3) is 8.78.